The lowest BCUT2D eigenvalue weighted by Crippen LogP contribution is -2.31. The molecule has 1 N–H and O–H groups in total. The maximum Gasteiger partial charge on any atom is 0.276 e. The third-order valence-electron chi connectivity index (χ3n) is 3.13. The van der Waals surface area contributed by atoms with Crippen LogP contribution in [0.25, 0.3) is 6.08 Å². The Morgan fingerprint density at radius 2 is 2.00 bits per heavy atom. The largest absolute Gasteiger partial charge is 0.493 e. The molecule has 0 aromatic heterocycles. The van der Waals surface area contributed by atoms with E-state index in [-0.39, 0.29) is 5.91 Å². The van der Waals surface area contributed by atoms with Crippen LogP contribution in [-0.4, -0.2) is 36.7 Å². The van der Waals surface area contributed by atoms with E-state index in [0.717, 1.165) is 12.0 Å². The second-order valence-corrected chi connectivity index (χ2v) is 4.95. The van der Waals surface area contributed by atoms with Crippen molar-refractivity contribution >= 4 is 29.3 Å². The van der Waals surface area contributed by atoms with Crippen molar-refractivity contribution in [2.75, 3.05) is 20.8 Å². The summed E-state index contributed by atoms with van der Waals surface area (Å²) in [6, 6.07) is 5.47. The number of amides is 1. The van der Waals surface area contributed by atoms with Crippen molar-refractivity contribution in [1.82, 2.24) is 10.2 Å². The number of rotatable bonds is 5. The lowest BCUT2D eigenvalue weighted by Gasteiger charge is -2.11. The zero-order valence-electron chi connectivity index (χ0n) is 12.3. The van der Waals surface area contributed by atoms with Gasteiger partial charge < -0.3 is 14.8 Å². The molecular weight excluding hydrogens is 288 g/mol. The van der Waals surface area contributed by atoms with Gasteiger partial charge in [-0.05, 0) is 42.4 Å². The molecule has 0 spiro atoms. The van der Waals surface area contributed by atoms with Crippen LogP contribution in [0.4, 0.5) is 0 Å². The van der Waals surface area contributed by atoms with Crippen LogP contribution in [0.5, 0.6) is 11.5 Å². The maximum absolute atomic E-state index is 12.2. The van der Waals surface area contributed by atoms with Crippen LogP contribution in [0.3, 0.4) is 0 Å². The maximum atomic E-state index is 12.2. The lowest BCUT2D eigenvalue weighted by molar-refractivity contribution is -0.122. The summed E-state index contributed by atoms with van der Waals surface area (Å²) in [4.78, 5) is 13.8. The number of ether oxygens (including phenoxy) is 2. The lowest BCUT2D eigenvalue weighted by atomic mass is 10.1. The summed E-state index contributed by atoms with van der Waals surface area (Å²) >= 11 is 5.17. The van der Waals surface area contributed by atoms with E-state index in [1.54, 1.807) is 31.3 Å². The summed E-state index contributed by atoms with van der Waals surface area (Å²) in [7, 11) is 3.16. The van der Waals surface area contributed by atoms with Gasteiger partial charge in [-0.1, -0.05) is 13.0 Å². The number of benzene rings is 1. The molecule has 0 radical (unpaired) electrons. The van der Waals surface area contributed by atoms with Gasteiger partial charge in [-0.3, -0.25) is 9.69 Å². The molecule has 0 aliphatic carbocycles. The third kappa shape index (κ3) is 3.16. The molecule has 6 heteroatoms. The van der Waals surface area contributed by atoms with E-state index in [2.05, 4.69) is 5.32 Å². The second kappa shape index (κ2) is 6.58. The van der Waals surface area contributed by atoms with Gasteiger partial charge >= 0.3 is 0 Å². The van der Waals surface area contributed by atoms with Crippen molar-refractivity contribution in [3.05, 3.63) is 29.5 Å². The first-order valence-corrected chi connectivity index (χ1v) is 7.08. The van der Waals surface area contributed by atoms with Gasteiger partial charge in [0.15, 0.2) is 16.6 Å². The highest BCUT2D eigenvalue weighted by atomic mass is 32.1. The number of carbonyl (C=O) groups is 1. The summed E-state index contributed by atoms with van der Waals surface area (Å²) in [6.45, 7) is 2.62. The zero-order chi connectivity index (χ0) is 15.4. The van der Waals surface area contributed by atoms with E-state index in [9.17, 15) is 4.79 Å². The molecule has 1 fully saturated rings. The third-order valence-corrected chi connectivity index (χ3v) is 3.45. The summed E-state index contributed by atoms with van der Waals surface area (Å²) in [5.41, 5.74) is 1.31. The van der Waals surface area contributed by atoms with E-state index in [4.69, 9.17) is 21.7 Å². The summed E-state index contributed by atoms with van der Waals surface area (Å²) in [5, 5.41) is 3.40. The fraction of sp³-hybridized carbons (Fsp3) is 0.333. The van der Waals surface area contributed by atoms with Gasteiger partial charge in [0.25, 0.3) is 5.91 Å². The predicted octanol–water partition coefficient (Wildman–Crippen LogP) is 2.17. The molecule has 1 amide bonds. The van der Waals surface area contributed by atoms with Crippen LogP contribution in [0.2, 0.25) is 0 Å². The highest BCUT2D eigenvalue weighted by Gasteiger charge is 2.29. The van der Waals surface area contributed by atoms with Gasteiger partial charge in [0, 0.05) is 6.54 Å². The number of hydrogen-bond acceptors (Lipinski definition) is 4. The number of nitrogens with zero attached hydrogens (tertiary/aromatic N) is 1. The molecule has 1 aromatic rings. The minimum Gasteiger partial charge on any atom is -0.493 e. The normalized spacial score (nSPS) is 16.3. The Balaban J connectivity index is 2.28. The molecule has 1 aliphatic heterocycles. The Bertz CT molecular complexity index is 599. The Labute approximate surface area is 129 Å². The highest BCUT2D eigenvalue weighted by molar-refractivity contribution is 7.80. The quantitative estimate of drug-likeness (QED) is 0.667. The summed E-state index contributed by atoms with van der Waals surface area (Å²) in [5.74, 6) is 1.16. The van der Waals surface area contributed by atoms with Crippen molar-refractivity contribution in [3.8, 4) is 11.5 Å². The van der Waals surface area contributed by atoms with Gasteiger partial charge in [-0.15, -0.1) is 0 Å². The SMILES string of the molecule is CCCN1C(=O)/C(=C\c2ccc(OC)c(OC)c2)NC1=S. The van der Waals surface area contributed by atoms with E-state index >= 15 is 0 Å². The monoisotopic (exact) mass is 306 g/mol. The number of methoxy groups -OCH3 is 2. The first-order valence-electron chi connectivity index (χ1n) is 6.67. The fourth-order valence-corrected chi connectivity index (χ4v) is 2.39. The molecule has 0 unspecified atom stereocenters. The molecule has 1 aromatic carbocycles. The van der Waals surface area contributed by atoms with Gasteiger partial charge in [0.1, 0.15) is 5.70 Å². The fourth-order valence-electron chi connectivity index (χ4n) is 2.11. The van der Waals surface area contributed by atoms with Crippen molar-refractivity contribution in [1.29, 1.82) is 0 Å². The van der Waals surface area contributed by atoms with Gasteiger partial charge in [-0.25, -0.2) is 0 Å². The van der Waals surface area contributed by atoms with Crippen molar-refractivity contribution in [3.63, 3.8) is 0 Å². The van der Waals surface area contributed by atoms with Gasteiger partial charge in [0.2, 0.25) is 0 Å². The summed E-state index contributed by atoms with van der Waals surface area (Å²) < 4.78 is 10.4. The molecule has 1 saturated heterocycles. The van der Waals surface area contributed by atoms with Crippen LogP contribution in [0.15, 0.2) is 23.9 Å². The predicted molar refractivity (Wildman–Crippen MR) is 85.3 cm³/mol. The van der Waals surface area contributed by atoms with E-state index < -0.39 is 0 Å². The van der Waals surface area contributed by atoms with Crippen LogP contribution in [0.1, 0.15) is 18.9 Å². The average Bonchev–Trinajstić information content (AvgIpc) is 2.75. The topological polar surface area (TPSA) is 50.8 Å². The smallest absolute Gasteiger partial charge is 0.276 e. The number of nitrogens with one attached hydrogen (secondary N) is 1. The molecule has 2 rings (SSSR count). The minimum absolute atomic E-state index is 0.100. The molecule has 0 bridgehead atoms. The molecule has 0 saturated carbocycles. The van der Waals surface area contributed by atoms with Crippen LogP contribution in [0, 0.1) is 0 Å². The number of thiocarbonyl (C=S) groups is 1. The van der Waals surface area contributed by atoms with Crippen LogP contribution >= 0.6 is 12.2 Å². The second-order valence-electron chi connectivity index (χ2n) is 4.56. The molecule has 5 nitrogen and oxygen atoms in total. The standard InChI is InChI=1S/C15H18N2O3S/c1-4-7-17-14(18)11(16-15(17)21)8-10-5-6-12(19-2)13(9-10)20-3/h5-6,8-9H,4,7H2,1-3H3,(H,16,21)/b11-8+. The van der Waals surface area contributed by atoms with Gasteiger partial charge in [0.05, 0.1) is 14.2 Å². The Kier molecular flexibility index (Phi) is 4.80. The number of carbonyl (C=O) groups excluding carboxylic acids is 1. The average molecular weight is 306 g/mol. The molecule has 112 valence electrons. The van der Waals surface area contributed by atoms with Crippen LogP contribution in [-0.2, 0) is 4.79 Å². The Hall–Kier alpha value is -2.08. The molecule has 0 atom stereocenters. The Morgan fingerprint density at radius 3 is 2.62 bits per heavy atom. The molecule has 1 heterocycles. The van der Waals surface area contributed by atoms with E-state index in [0.29, 0.717) is 28.9 Å². The number of hydrogen-bond donors (Lipinski definition) is 1. The highest BCUT2D eigenvalue weighted by Crippen LogP contribution is 2.28. The molecule has 21 heavy (non-hydrogen) atoms. The van der Waals surface area contributed by atoms with E-state index in [1.165, 1.54) is 0 Å². The van der Waals surface area contributed by atoms with Crippen molar-refractivity contribution in [2.45, 2.75) is 13.3 Å². The molecular formula is C15H18N2O3S. The first kappa shape index (κ1) is 15.3. The van der Waals surface area contributed by atoms with Crippen LogP contribution < -0.4 is 14.8 Å². The zero-order valence-corrected chi connectivity index (χ0v) is 13.1. The Morgan fingerprint density at radius 1 is 1.29 bits per heavy atom. The van der Waals surface area contributed by atoms with Crippen molar-refractivity contribution in [2.24, 2.45) is 0 Å². The minimum atomic E-state index is -0.100. The first-order chi connectivity index (χ1) is 10.1. The summed E-state index contributed by atoms with van der Waals surface area (Å²) in [6.07, 6.45) is 2.61. The van der Waals surface area contributed by atoms with Crippen molar-refractivity contribution < 1.29 is 14.3 Å². The van der Waals surface area contributed by atoms with Gasteiger partial charge in [-0.2, -0.15) is 0 Å². The molecule has 1 aliphatic rings. The van der Waals surface area contributed by atoms with E-state index in [1.807, 2.05) is 19.1 Å².